The number of fused-ring (bicyclic) bond motifs is 2. The molecule has 0 saturated carbocycles. The first-order chi connectivity index (χ1) is 17.0. The molecule has 6 nitrogen and oxygen atoms in total. The van der Waals surface area contributed by atoms with Crippen molar-refractivity contribution in [3.8, 4) is 11.5 Å². The lowest BCUT2D eigenvalue weighted by atomic mass is 9.89. The summed E-state index contributed by atoms with van der Waals surface area (Å²) < 4.78 is 17.3. The average molecular weight is 469 g/mol. The minimum Gasteiger partial charge on any atom is -0.493 e. The van der Waals surface area contributed by atoms with Gasteiger partial charge >= 0.3 is 0 Å². The second-order valence-corrected chi connectivity index (χ2v) is 8.64. The molecule has 0 fully saturated rings. The van der Waals surface area contributed by atoms with Gasteiger partial charge in [0.1, 0.15) is 5.58 Å². The molecule has 5 aromatic rings. The maximum absolute atomic E-state index is 13.3. The van der Waals surface area contributed by atoms with Crippen molar-refractivity contribution < 1.29 is 18.7 Å². The van der Waals surface area contributed by atoms with Crippen LogP contribution in [0.15, 0.2) is 71.3 Å². The van der Waals surface area contributed by atoms with Crippen LogP contribution in [-0.4, -0.2) is 31.7 Å². The minimum atomic E-state index is -0.246. The fourth-order valence-electron chi connectivity index (χ4n) is 4.83. The first-order valence-electron chi connectivity index (χ1n) is 11.6. The molecule has 0 spiro atoms. The van der Waals surface area contributed by atoms with Gasteiger partial charge in [0, 0.05) is 46.1 Å². The van der Waals surface area contributed by atoms with Crippen LogP contribution in [0.5, 0.6) is 11.5 Å². The number of aromatic amines is 1. The van der Waals surface area contributed by atoms with Gasteiger partial charge in [0.15, 0.2) is 17.3 Å². The van der Waals surface area contributed by atoms with Crippen LogP contribution in [0.3, 0.4) is 0 Å². The first-order valence-corrected chi connectivity index (χ1v) is 11.6. The van der Waals surface area contributed by atoms with E-state index in [2.05, 4.69) is 16.4 Å². The molecule has 3 aromatic carbocycles. The normalized spacial score (nSPS) is 12.1. The van der Waals surface area contributed by atoms with Crippen molar-refractivity contribution in [2.24, 2.45) is 0 Å². The standard InChI is InChI=1S/C29H28N2O4/c1-17-9-7-11-19-18(2)27(35-26(17)19)29(32)31-16-23(21-12-8-14-25(33-3)28(21)34-4)22-15-30-24-13-6-5-10-20(22)24/h5-15,23,30H,16H2,1-4H3,(H,31,32). The molecule has 178 valence electrons. The highest BCUT2D eigenvalue weighted by molar-refractivity contribution is 5.99. The molecule has 5 rings (SSSR count). The van der Waals surface area contributed by atoms with Crippen molar-refractivity contribution in [2.75, 3.05) is 20.8 Å². The number of amides is 1. The molecular formula is C29H28N2O4. The molecule has 2 N–H and O–H groups in total. The van der Waals surface area contributed by atoms with Gasteiger partial charge < -0.3 is 24.2 Å². The number of H-pyrrole nitrogens is 1. The Balaban J connectivity index is 1.54. The fourth-order valence-corrected chi connectivity index (χ4v) is 4.83. The Bertz CT molecular complexity index is 1530. The van der Waals surface area contributed by atoms with Crippen LogP contribution in [-0.2, 0) is 0 Å². The zero-order valence-corrected chi connectivity index (χ0v) is 20.3. The van der Waals surface area contributed by atoms with E-state index < -0.39 is 0 Å². The van der Waals surface area contributed by atoms with Gasteiger partial charge in [0.05, 0.1) is 14.2 Å². The van der Waals surface area contributed by atoms with Crippen LogP contribution in [0, 0.1) is 13.8 Å². The Labute approximate surface area is 203 Å². The molecule has 6 heteroatoms. The highest BCUT2D eigenvalue weighted by Gasteiger charge is 2.26. The summed E-state index contributed by atoms with van der Waals surface area (Å²) in [6, 6.07) is 19.9. The summed E-state index contributed by atoms with van der Waals surface area (Å²) in [5.74, 6) is 1.20. The van der Waals surface area contributed by atoms with E-state index in [0.717, 1.165) is 44.1 Å². The molecular weight excluding hydrogens is 440 g/mol. The molecule has 2 aromatic heterocycles. The Morgan fingerprint density at radius 2 is 1.71 bits per heavy atom. The van der Waals surface area contributed by atoms with Crippen molar-refractivity contribution in [1.29, 1.82) is 0 Å². The summed E-state index contributed by atoms with van der Waals surface area (Å²) in [7, 11) is 3.25. The zero-order chi connectivity index (χ0) is 24.5. The second kappa shape index (κ2) is 9.22. The molecule has 1 atom stereocenters. The maximum Gasteiger partial charge on any atom is 0.287 e. The second-order valence-electron chi connectivity index (χ2n) is 8.64. The summed E-state index contributed by atoms with van der Waals surface area (Å²) in [6.07, 6.45) is 2.00. The van der Waals surface area contributed by atoms with Gasteiger partial charge in [-0.15, -0.1) is 0 Å². The number of hydrogen-bond acceptors (Lipinski definition) is 4. The predicted octanol–water partition coefficient (Wildman–Crippen LogP) is 6.11. The molecule has 35 heavy (non-hydrogen) atoms. The lowest BCUT2D eigenvalue weighted by Crippen LogP contribution is -2.29. The van der Waals surface area contributed by atoms with E-state index in [1.165, 1.54) is 0 Å². The van der Waals surface area contributed by atoms with E-state index >= 15 is 0 Å². The van der Waals surface area contributed by atoms with Gasteiger partial charge in [-0.2, -0.15) is 0 Å². The SMILES string of the molecule is COc1cccc(C(CNC(=O)c2oc3c(C)cccc3c2C)c2c[nH]c3ccccc23)c1OC. The number of carbonyl (C=O) groups is 1. The molecule has 0 radical (unpaired) electrons. The highest BCUT2D eigenvalue weighted by Crippen LogP contribution is 2.40. The highest BCUT2D eigenvalue weighted by atomic mass is 16.5. The molecule has 0 aliphatic carbocycles. The Hall–Kier alpha value is -4.19. The molecule has 1 amide bonds. The van der Waals surface area contributed by atoms with Crippen LogP contribution in [0.25, 0.3) is 21.9 Å². The first kappa shape index (κ1) is 22.6. The Morgan fingerprint density at radius 1 is 0.943 bits per heavy atom. The summed E-state index contributed by atoms with van der Waals surface area (Å²) in [4.78, 5) is 16.7. The number of benzene rings is 3. The Kier molecular flexibility index (Phi) is 5.95. The van der Waals surface area contributed by atoms with Gasteiger partial charge in [0.2, 0.25) is 0 Å². The molecule has 1 unspecified atom stereocenters. The molecule has 0 bridgehead atoms. The van der Waals surface area contributed by atoms with Crippen LogP contribution in [0.1, 0.15) is 38.7 Å². The van der Waals surface area contributed by atoms with Crippen molar-refractivity contribution in [3.63, 3.8) is 0 Å². The minimum absolute atomic E-state index is 0.188. The third-order valence-electron chi connectivity index (χ3n) is 6.64. The Morgan fingerprint density at radius 3 is 2.49 bits per heavy atom. The van der Waals surface area contributed by atoms with Crippen molar-refractivity contribution in [2.45, 2.75) is 19.8 Å². The molecule has 2 heterocycles. The lowest BCUT2D eigenvalue weighted by molar-refractivity contribution is 0.0926. The number of para-hydroxylation sites is 3. The number of aryl methyl sites for hydroxylation is 2. The van der Waals surface area contributed by atoms with E-state index in [4.69, 9.17) is 13.9 Å². The van der Waals surface area contributed by atoms with Gasteiger partial charge in [-0.1, -0.05) is 48.5 Å². The van der Waals surface area contributed by atoms with E-state index in [1.54, 1.807) is 14.2 Å². The number of carbonyl (C=O) groups excluding carboxylic acids is 1. The molecule has 0 aliphatic heterocycles. The number of hydrogen-bond donors (Lipinski definition) is 2. The molecule has 0 saturated heterocycles. The van der Waals surface area contributed by atoms with Gasteiger partial charge in [-0.3, -0.25) is 4.79 Å². The lowest BCUT2D eigenvalue weighted by Gasteiger charge is -2.21. The van der Waals surface area contributed by atoms with Crippen molar-refractivity contribution >= 4 is 27.8 Å². The quantitative estimate of drug-likeness (QED) is 0.302. The van der Waals surface area contributed by atoms with Gasteiger partial charge in [-0.05, 0) is 37.1 Å². The van der Waals surface area contributed by atoms with E-state index in [-0.39, 0.29) is 11.8 Å². The fraction of sp³-hybridized carbons (Fsp3) is 0.207. The van der Waals surface area contributed by atoms with Crippen molar-refractivity contribution in [3.05, 3.63) is 94.9 Å². The largest absolute Gasteiger partial charge is 0.493 e. The number of furan rings is 1. The van der Waals surface area contributed by atoms with Crippen LogP contribution in [0.4, 0.5) is 0 Å². The summed E-state index contributed by atoms with van der Waals surface area (Å²) in [6.45, 7) is 4.25. The number of aromatic nitrogens is 1. The van der Waals surface area contributed by atoms with Gasteiger partial charge in [-0.25, -0.2) is 0 Å². The smallest absolute Gasteiger partial charge is 0.287 e. The maximum atomic E-state index is 13.3. The van der Waals surface area contributed by atoms with E-state index in [0.29, 0.717) is 23.8 Å². The van der Waals surface area contributed by atoms with E-state index in [1.807, 2.05) is 74.6 Å². The van der Waals surface area contributed by atoms with Crippen LogP contribution >= 0.6 is 0 Å². The number of nitrogens with one attached hydrogen (secondary N) is 2. The van der Waals surface area contributed by atoms with Crippen LogP contribution in [0.2, 0.25) is 0 Å². The number of methoxy groups -OCH3 is 2. The number of ether oxygens (including phenoxy) is 2. The monoisotopic (exact) mass is 468 g/mol. The summed E-state index contributed by atoms with van der Waals surface area (Å²) in [5, 5.41) is 5.16. The predicted molar refractivity (Wildman–Crippen MR) is 138 cm³/mol. The van der Waals surface area contributed by atoms with Crippen molar-refractivity contribution in [1.82, 2.24) is 10.3 Å². The third-order valence-corrected chi connectivity index (χ3v) is 6.64. The van der Waals surface area contributed by atoms with E-state index in [9.17, 15) is 4.79 Å². The average Bonchev–Trinajstić information content (AvgIpc) is 3.46. The van der Waals surface area contributed by atoms with Crippen LogP contribution < -0.4 is 14.8 Å². The third kappa shape index (κ3) is 3.91. The zero-order valence-electron chi connectivity index (χ0n) is 20.3. The molecule has 0 aliphatic rings. The van der Waals surface area contributed by atoms with Gasteiger partial charge in [0.25, 0.3) is 5.91 Å². The summed E-state index contributed by atoms with van der Waals surface area (Å²) in [5.41, 5.74) is 5.60. The topological polar surface area (TPSA) is 76.5 Å². The number of rotatable bonds is 7. The summed E-state index contributed by atoms with van der Waals surface area (Å²) >= 11 is 0.